The van der Waals surface area contributed by atoms with E-state index in [0.29, 0.717) is 0 Å². The van der Waals surface area contributed by atoms with Gasteiger partial charge in [-0.15, -0.1) is 0 Å². The molecule has 5 nitrogen and oxygen atoms in total. The van der Waals surface area contributed by atoms with Crippen molar-refractivity contribution < 1.29 is 14.7 Å². The Hall–Kier alpha value is -0.910. The Labute approximate surface area is 112 Å². The second kappa shape index (κ2) is 7.51. The van der Waals surface area contributed by atoms with E-state index >= 15 is 0 Å². The van der Waals surface area contributed by atoms with Crippen LogP contribution in [0.3, 0.4) is 0 Å². The van der Waals surface area contributed by atoms with Crippen LogP contribution in [-0.4, -0.2) is 40.7 Å². The van der Waals surface area contributed by atoms with Gasteiger partial charge in [-0.25, -0.2) is 4.79 Å². The van der Waals surface area contributed by atoms with Gasteiger partial charge >= 0.3 is 12.0 Å². The average Bonchev–Trinajstić information content (AvgIpc) is 2.28. The highest BCUT2D eigenvalue weighted by atomic mass is 32.2. The molecule has 18 heavy (non-hydrogen) atoms. The van der Waals surface area contributed by atoms with Gasteiger partial charge < -0.3 is 15.7 Å². The molecule has 1 fully saturated rings. The van der Waals surface area contributed by atoms with Gasteiger partial charge in [-0.2, -0.15) is 11.8 Å². The SMILES string of the molecule is CC(C)C(CC(=O)O)NC(=O)NC1CCSCC1. The predicted molar refractivity (Wildman–Crippen MR) is 72.9 cm³/mol. The molecule has 1 aliphatic heterocycles. The molecular weight excluding hydrogens is 252 g/mol. The molecule has 0 aromatic carbocycles. The summed E-state index contributed by atoms with van der Waals surface area (Å²) in [6.07, 6.45) is 1.94. The second-order valence-corrected chi connectivity index (χ2v) is 6.18. The van der Waals surface area contributed by atoms with E-state index < -0.39 is 5.97 Å². The molecule has 1 unspecified atom stereocenters. The fraction of sp³-hybridized carbons (Fsp3) is 0.833. The van der Waals surface area contributed by atoms with Crippen LogP contribution in [-0.2, 0) is 4.79 Å². The van der Waals surface area contributed by atoms with Crippen molar-refractivity contribution in [1.82, 2.24) is 10.6 Å². The Morgan fingerprint density at radius 2 is 1.94 bits per heavy atom. The van der Waals surface area contributed by atoms with Crippen molar-refractivity contribution in [3.05, 3.63) is 0 Å². The first-order valence-electron chi connectivity index (χ1n) is 6.35. The van der Waals surface area contributed by atoms with Gasteiger partial charge in [0.25, 0.3) is 0 Å². The first-order chi connectivity index (χ1) is 8.49. The van der Waals surface area contributed by atoms with E-state index in [1.165, 1.54) is 0 Å². The lowest BCUT2D eigenvalue weighted by Crippen LogP contribution is -2.49. The van der Waals surface area contributed by atoms with Crippen LogP contribution in [0.4, 0.5) is 4.79 Å². The molecule has 0 saturated carbocycles. The molecular formula is C12H22N2O3S. The highest BCUT2D eigenvalue weighted by Gasteiger charge is 2.21. The molecule has 0 aromatic heterocycles. The quantitative estimate of drug-likeness (QED) is 0.713. The van der Waals surface area contributed by atoms with Gasteiger partial charge in [-0.1, -0.05) is 13.8 Å². The maximum atomic E-state index is 11.8. The van der Waals surface area contributed by atoms with E-state index in [0.717, 1.165) is 24.3 Å². The largest absolute Gasteiger partial charge is 0.481 e. The van der Waals surface area contributed by atoms with Crippen LogP contribution in [0.2, 0.25) is 0 Å². The summed E-state index contributed by atoms with van der Waals surface area (Å²) in [6, 6.07) is -0.337. The first kappa shape index (κ1) is 15.1. The Morgan fingerprint density at radius 3 is 2.44 bits per heavy atom. The minimum absolute atomic E-state index is 0.0361. The molecule has 6 heteroatoms. The molecule has 1 atom stereocenters. The smallest absolute Gasteiger partial charge is 0.315 e. The summed E-state index contributed by atoms with van der Waals surface area (Å²) in [5.74, 6) is 1.37. The molecule has 0 bridgehead atoms. The van der Waals surface area contributed by atoms with E-state index in [9.17, 15) is 9.59 Å². The number of aliphatic carboxylic acids is 1. The Bertz CT molecular complexity index is 291. The normalized spacial score (nSPS) is 18.4. The number of hydrogen-bond acceptors (Lipinski definition) is 3. The average molecular weight is 274 g/mol. The van der Waals surface area contributed by atoms with Crippen molar-refractivity contribution in [3.63, 3.8) is 0 Å². The summed E-state index contributed by atoms with van der Waals surface area (Å²) in [6.45, 7) is 3.82. The number of amides is 2. The van der Waals surface area contributed by atoms with E-state index in [4.69, 9.17) is 5.11 Å². The van der Waals surface area contributed by atoms with Gasteiger partial charge in [0.2, 0.25) is 0 Å². The number of thioether (sulfide) groups is 1. The summed E-state index contributed by atoms with van der Waals surface area (Å²) < 4.78 is 0. The zero-order valence-electron chi connectivity index (χ0n) is 10.9. The Morgan fingerprint density at radius 1 is 1.33 bits per heavy atom. The number of rotatable bonds is 5. The van der Waals surface area contributed by atoms with Gasteiger partial charge in [-0.05, 0) is 30.3 Å². The number of hydrogen-bond donors (Lipinski definition) is 3. The summed E-state index contributed by atoms with van der Waals surface area (Å²) >= 11 is 1.90. The zero-order chi connectivity index (χ0) is 13.5. The molecule has 0 radical (unpaired) electrons. The topological polar surface area (TPSA) is 78.4 Å². The molecule has 1 saturated heterocycles. The van der Waals surface area contributed by atoms with Gasteiger partial charge in [0.15, 0.2) is 0 Å². The number of urea groups is 1. The standard InChI is InChI=1S/C12H22N2O3S/c1-8(2)10(7-11(15)16)14-12(17)13-9-3-5-18-6-4-9/h8-10H,3-7H2,1-2H3,(H,15,16)(H2,13,14,17). The molecule has 1 aliphatic rings. The van der Waals surface area contributed by atoms with Crippen LogP contribution in [0.15, 0.2) is 0 Å². The number of carbonyl (C=O) groups excluding carboxylic acids is 1. The zero-order valence-corrected chi connectivity index (χ0v) is 11.8. The minimum atomic E-state index is -0.886. The second-order valence-electron chi connectivity index (χ2n) is 4.95. The summed E-state index contributed by atoms with van der Waals surface area (Å²) in [5.41, 5.74) is 0. The third-order valence-corrected chi connectivity index (χ3v) is 4.12. The lowest BCUT2D eigenvalue weighted by Gasteiger charge is -2.25. The lowest BCUT2D eigenvalue weighted by molar-refractivity contribution is -0.137. The highest BCUT2D eigenvalue weighted by molar-refractivity contribution is 7.99. The molecule has 1 heterocycles. The fourth-order valence-electron chi connectivity index (χ4n) is 1.88. The van der Waals surface area contributed by atoms with Gasteiger partial charge in [0.05, 0.1) is 6.42 Å². The lowest BCUT2D eigenvalue weighted by atomic mass is 10.0. The predicted octanol–water partition coefficient (Wildman–Crippen LogP) is 1.68. The number of carboxylic acids is 1. The summed E-state index contributed by atoms with van der Waals surface area (Å²) in [4.78, 5) is 22.5. The Balaban J connectivity index is 2.37. The van der Waals surface area contributed by atoms with Gasteiger partial charge in [0.1, 0.15) is 0 Å². The molecule has 0 spiro atoms. The molecule has 0 aliphatic carbocycles. The number of carboxylic acid groups (broad SMARTS) is 1. The summed E-state index contributed by atoms with van der Waals surface area (Å²) in [7, 11) is 0. The van der Waals surface area contributed by atoms with Crippen molar-refractivity contribution in [2.24, 2.45) is 5.92 Å². The van der Waals surface area contributed by atoms with Crippen LogP contribution in [0.1, 0.15) is 33.1 Å². The van der Waals surface area contributed by atoms with Crippen molar-refractivity contribution in [1.29, 1.82) is 0 Å². The maximum Gasteiger partial charge on any atom is 0.315 e. The number of nitrogens with one attached hydrogen (secondary N) is 2. The molecule has 2 amide bonds. The Kier molecular flexibility index (Phi) is 6.32. The third-order valence-electron chi connectivity index (χ3n) is 3.07. The van der Waals surface area contributed by atoms with E-state index in [2.05, 4.69) is 10.6 Å². The van der Waals surface area contributed by atoms with E-state index in [-0.39, 0.29) is 30.5 Å². The van der Waals surface area contributed by atoms with Crippen LogP contribution >= 0.6 is 11.8 Å². The van der Waals surface area contributed by atoms with Crippen molar-refractivity contribution in [3.8, 4) is 0 Å². The maximum absolute atomic E-state index is 11.8. The third kappa shape index (κ3) is 5.62. The summed E-state index contributed by atoms with van der Waals surface area (Å²) in [5, 5.41) is 14.5. The van der Waals surface area contributed by atoms with Crippen LogP contribution in [0, 0.1) is 5.92 Å². The fourth-order valence-corrected chi connectivity index (χ4v) is 2.99. The van der Waals surface area contributed by atoms with E-state index in [1.54, 1.807) is 0 Å². The van der Waals surface area contributed by atoms with Crippen LogP contribution in [0.5, 0.6) is 0 Å². The van der Waals surface area contributed by atoms with E-state index in [1.807, 2.05) is 25.6 Å². The first-order valence-corrected chi connectivity index (χ1v) is 7.51. The van der Waals surface area contributed by atoms with Crippen LogP contribution < -0.4 is 10.6 Å². The van der Waals surface area contributed by atoms with Crippen molar-refractivity contribution >= 4 is 23.8 Å². The number of carbonyl (C=O) groups is 2. The van der Waals surface area contributed by atoms with Gasteiger partial charge in [0, 0.05) is 12.1 Å². The van der Waals surface area contributed by atoms with Crippen LogP contribution in [0.25, 0.3) is 0 Å². The molecule has 0 aromatic rings. The molecule has 3 N–H and O–H groups in total. The minimum Gasteiger partial charge on any atom is -0.481 e. The highest BCUT2D eigenvalue weighted by Crippen LogP contribution is 2.16. The monoisotopic (exact) mass is 274 g/mol. The molecule has 104 valence electrons. The molecule has 1 rings (SSSR count). The van der Waals surface area contributed by atoms with Gasteiger partial charge in [-0.3, -0.25) is 4.79 Å². The van der Waals surface area contributed by atoms with Crippen molar-refractivity contribution in [2.75, 3.05) is 11.5 Å². The van der Waals surface area contributed by atoms with Crippen molar-refractivity contribution in [2.45, 2.75) is 45.2 Å².